The Hall–Kier alpha value is -2.92. The number of carbonyl (C=O) groups excluding carboxylic acids is 2. The minimum absolute atomic E-state index is 0.0447. The second kappa shape index (κ2) is 10.1. The Labute approximate surface area is 196 Å². The predicted molar refractivity (Wildman–Crippen MR) is 119 cm³/mol. The van der Waals surface area contributed by atoms with Crippen LogP contribution in [-0.4, -0.2) is 44.2 Å². The number of piperazine rings is 1. The van der Waals surface area contributed by atoms with Gasteiger partial charge in [0.1, 0.15) is 0 Å². The molecule has 1 saturated heterocycles. The number of halogens is 3. The number of nitrogens with one attached hydrogen (secondary N) is 2. The molecule has 2 aromatic rings. The molecule has 7 nitrogen and oxygen atoms in total. The Kier molecular flexibility index (Phi) is 7.67. The number of hydrogen-bond donors (Lipinski definition) is 2. The first-order valence-electron chi connectivity index (χ1n) is 10.7. The molecule has 1 fully saturated rings. The van der Waals surface area contributed by atoms with Crippen molar-refractivity contribution in [1.82, 2.24) is 14.9 Å². The highest BCUT2D eigenvalue weighted by Crippen LogP contribution is 2.32. The van der Waals surface area contributed by atoms with E-state index in [-0.39, 0.29) is 36.0 Å². The Morgan fingerprint density at radius 2 is 1.85 bits per heavy atom. The standard InChI is InChI=1S/C23H26F3N3O4S/c1-15(2)11-20(16-5-3-7-18(12-16)23(24,25)26)28-22(31)17-6-4-8-19(13-17)34(32,33)29-10-9-27-21(30)14-29/h3-8,12-13,15,20H,9-11,14H2,1-2H3,(H,27,30)(H,28,31). The van der Waals surface area contributed by atoms with Crippen LogP contribution >= 0.6 is 0 Å². The van der Waals surface area contributed by atoms with Crippen molar-refractivity contribution in [3.8, 4) is 0 Å². The van der Waals surface area contributed by atoms with Crippen LogP contribution in [0.4, 0.5) is 13.2 Å². The van der Waals surface area contributed by atoms with E-state index in [0.29, 0.717) is 12.0 Å². The number of carbonyl (C=O) groups is 2. The molecule has 3 rings (SSSR count). The van der Waals surface area contributed by atoms with E-state index in [1.807, 2.05) is 13.8 Å². The number of amides is 2. The van der Waals surface area contributed by atoms with Crippen LogP contribution in [0.25, 0.3) is 0 Å². The van der Waals surface area contributed by atoms with Crippen LogP contribution in [0.5, 0.6) is 0 Å². The Morgan fingerprint density at radius 1 is 1.15 bits per heavy atom. The highest BCUT2D eigenvalue weighted by Gasteiger charge is 2.32. The largest absolute Gasteiger partial charge is 0.416 e. The van der Waals surface area contributed by atoms with Gasteiger partial charge < -0.3 is 10.6 Å². The van der Waals surface area contributed by atoms with Gasteiger partial charge in [0.25, 0.3) is 5.91 Å². The summed E-state index contributed by atoms with van der Waals surface area (Å²) in [5.41, 5.74) is -0.463. The minimum atomic E-state index is -4.52. The molecule has 2 amide bonds. The first-order chi connectivity index (χ1) is 15.9. The lowest BCUT2D eigenvalue weighted by molar-refractivity contribution is -0.137. The van der Waals surface area contributed by atoms with Gasteiger partial charge in [-0.25, -0.2) is 8.42 Å². The zero-order chi connectivity index (χ0) is 25.1. The summed E-state index contributed by atoms with van der Waals surface area (Å²) < 4.78 is 66.5. The van der Waals surface area contributed by atoms with Crippen molar-refractivity contribution in [2.75, 3.05) is 19.6 Å². The summed E-state index contributed by atoms with van der Waals surface area (Å²) in [6.45, 7) is 3.75. The van der Waals surface area contributed by atoms with Gasteiger partial charge in [-0.15, -0.1) is 0 Å². The zero-order valence-electron chi connectivity index (χ0n) is 18.7. The van der Waals surface area contributed by atoms with Crippen molar-refractivity contribution in [3.05, 3.63) is 65.2 Å². The number of benzene rings is 2. The quantitative estimate of drug-likeness (QED) is 0.614. The average Bonchev–Trinajstić information content (AvgIpc) is 2.78. The number of rotatable bonds is 7. The lowest BCUT2D eigenvalue weighted by Gasteiger charge is -2.26. The summed E-state index contributed by atoms with van der Waals surface area (Å²) >= 11 is 0. The van der Waals surface area contributed by atoms with Crippen LogP contribution in [0.15, 0.2) is 53.4 Å². The fraction of sp³-hybridized carbons (Fsp3) is 0.391. The van der Waals surface area contributed by atoms with Crippen LogP contribution in [0.3, 0.4) is 0 Å². The molecule has 1 aliphatic rings. The van der Waals surface area contributed by atoms with Gasteiger partial charge in [-0.3, -0.25) is 9.59 Å². The summed E-state index contributed by atoms with van der Waals surface area (Å²) in [5, 5.41) is 5.30. The molecule has 2 N–H and O–H groups in total. The molecule has 0 spiro atoms. The SMILES string of the molecule is CC(C)CC(NC(=O)c1cccc(S(=O)(=O)N2CCNC(=O)C2)c1)c1cccc(C(F)(F)F)c1. The van der Waals surface area contributed by atoms with E-state index >= 15 is 0 Å². The van der Waals surface area contributed by atoms with Crippen molar-refractivity contribution in [3.63, 3.8) is 0 Å². The van der Waals surface area contributed by atoms with Gasteiger partial charge in [0.05, 0.1) is 23.0 Å². The molecule has 34 heavy (non-hydrogen) atoms. The monoisotopic (exact) mass is 497 g/mol. The maximum Gasteiger partial charge on any atom is 0.416 e. The van der Waals surface area contributed by atoms with Gasteiger partial charge in [0.2, 0.25) is 15.9 Å². The Morgan fingerprint density at radius 3 is 2.50 bits per heavy atom. The van der Waals surface area contributed by atoms with Crippen LogP contribution in [0.1, 0.15) is 47.8 Å². The highest BCUT2D eigenvalue weighted by molar-refractivity contribution is 7.89. The first-order valence-corrected chi connectivity index (χ1v) is 12.2. The van der Waals surface area contributed by atoms with E-state index in [4.69, 9.17) is 0 Å². The molecule has 0 aromatic heterocycles. The minimum Gasteiger partial charge on any atom is -0.354 e. The molecule has 1 atom stereocenters. The summed E-state index contributed by atoms with van der Waals surface area (Å²) in [6, 6.07) is 9.45. The molecule has 0 bridgehead atoms. The van der Waals surface area contributed by atoms with Crippen molar-refractivity contribution in [2.24, 2.45) is 5.92 Å². The number of nitrogens with zero attached hydrogens (tertiary/aromatic N) is 1. The third-order valence-corrected chi connectivity index (χ3v) is 7.21. The topological polar surface area (TPSA) is 95.6 Å². The predicted octanol–water partition coefficient (Wildman–Crippen LogP) is 3.34. The van der Waals surface area contributed by atoms with Gasteiger partial charge in [-0.1, -0.05) is 32.0 Å². The normalized spacial score (nSPS) is 16.2. The molecule has 184 valence electrons. The second-order valence-electron chi connectivity index (χ2n) is 8.50. The van der Waals surface area contributed by atoms with Crippen molar-refractivity contribution in [1.29, 1.82) is 0 Å². The summed E-state index contributed by atoms with van der Waals surface area (Å²) in [7, 11) is -4.01. The Balaban J connectivity index is 1.86. The molecule has 1 heterocycles. The van der Waals surface area contributed by atoms with Crippen LogP contribution < -0.4 is 10.6 Å². The van der Waals surface area contributed by atoms with Crippen LogP contribution in [-0.2, 0) is 21.0 Å². The maximum absolute atomic E-state index is 13.2. The third-order valence-electron chi connectivity index (χ3n) is 5.37. The molecular weight excluding hydrogens is 471 g/mol. The third kappa shape index (κ3) is 6.15. The van der Waals surface area contributed by atoms with Gasteiger partial charge in [-0.05, 0) is 48.2 Å². The van der Waals surface area contributed by atoms with Gasteiger partial charge >= 0.3 is 6.18 Å². The first kappa shape index (κ1) is 25.7. The van der Waals surface area contributed by atoms with E-state index in [1.165, 1.54) is 36.4 Å². The van der Waals surface area contributed by atoms with Crippen LogP contribution in [0.2, 0.25) is 0 Å². The molecule has 1 aliphatic heterocycles. The smallest absolute Gasteiger partial charge is 0.354 e. The summed E-state index contributed by atoms with van der Waals surface area (Å²) in [6.07, 6.45) is -4.13. The molecule has 11 heteroatoms. The molecule has 0 saturated carbocycles. The zero-order valence-corrected chi connectivity index (χ0v) is 19.5. The summed E-state index contributed by atoms with van der Waals surface area (Å²) in [5.74, 6) is -0.963. The Bertz CT molecular complexity index is 1170. The molecule has 0 aliphatic carbocycles. The molecule has 1 unspecified atom stereocenters. The lowest BCUT2D eigenvalue weighted by Crippen LogP contribution is -2.49. The highest BCUT2D eigenvalue weighted by atomic mass is 32.2. The van der Waals surface area contributed by atoms with Crippen LogP contribution in [0, 0.1) is 5.92 Å². The fourth-order valence-electron chi connectivity index (χ4n) is 3.69. The lowest BCUT2D eigenvalue weighted by atomic mass is 9.95. The molecule has 0 radical (unpaired) electrons. The van der Waals surface area contributed by atoms with Crippen molar-refractivity contribution < 1.29 is 31.2 Å². The van der Waals surface area contributed by atoms with E-state index < -0.39 is 39.6 Å². The average molecular weight is 498 g/mol. The van der Waals surface area contributed by atoms with Gasteiger partial charge in [0.15, 0.2) is 0 Å². The number of sulfonamides is 1. The van der Waals surface area contributed by atoms with E-state index in [2.05, 4.69) is 10.6 Å². The summed E-state index contributed by atoms with van der Waals surface area (Å²) in [4.78, 5) is 24.5. The van der Waals surface area contributed by atoms with E-state index in [1.54, 1.807) is 0 Å². The maximum atomic E-state index is 13.2. The van der Waals surface area contributed by atoms with E-state index in [9.17, 15) is 31.2 Å². The van der Waals surface area contributed by atoms with E-state index in [0.717, 1.165) is 16.4 Å². The van der Waals surface area contributed by atoms with Gasteiger partial charge in [0, 0.05) is 18.7 Å². The number of alkyl halides is 3. The van der Waals surface area contributed by atoms with Crippen molar-refractivity contribution in [2.45, 2.75) is 37.4 Å². The van der Waals surface area contributed by atoms with Gasteiger partial charge in [-0.2, -0.15) is 17.5 Å². The number of hydrogen-bond acceptors (Lipinski definition) is 4. The molecule has 2 aromatic carbocycles. The second-order valence-corrected chi connectivity index (χ2v) is 10.4. The van der Waals surface area contributed by atoms with Crippen molar-refractivity contribution >= 4 is 21.8 Å². The molecular formula is C23H26F3N3O4S. The fourth-order valence-corrected chi connectivity index (χ4v) is 5.13.